The van der Waals surface area contributed by atoms with E-state index in [1.165, 1.54) is 12.1 Å². The monoisotopic (exact) mass is 325 g/mol. The van der Waals surface area contributed by atoms with Gasteiger partial charge in [0.1, 0.15) is 11.4 Å². The third-order valence-electron chi connectivity index (χ3n) is 2.76. The Bertz CT molecular complexity index is 564. The number of phenolic OH excluding ortho intramolecular Hbond substituents is 1. The van der Waals surface area contributed by atoms with Gasteiger partial charge in [-0.15, -0.1) is 0 Å². The van der Waals surface area contributed by atoms with Gasteiger partial charge in [0, 0.05) is 13.0 Å². The number of carbonyl (C=O) groups excluding carboxylic acids is 1. The van der Waals surface area contributed by atoms with E-state index in [0.717, 1.165) is 0 Å². The highest BCUT2D eigenvalue weighted by molar-refractivity contribution is 5.87. The van der Waals surface area contributed by atoms with Crippen molar-refractivity contribution in [3.63, 3.8) is 0 Å². The van der Waals surface area contributed by atoms with Crippen LogP contribution in [0.15, 0.2) is 18.2 Å². The van der Waals surface area contributed by atoms with Crippen molar-refractivity contribution in [1.82, 2.24) is 0 Å². The van der Waals surface area contributed by atoms with Gasteiger partial charge in [-0.2, -0.15) is 0 Å². The minimum absolute atomic E-state index is 0.118. The first kappa shape index (κ1) is 18.8. The Morgan fingerprint density at radius 2 is 1.96 bits per heavy atom. The third kappa shape index (κ3) is 6.56. The summed E-state index contributed by atoms with van der Waals surface area (Å²) in [5.41, 5.74) is 0.0906. The number of ether oxygens (including phenoxy) is 2. The van der Waals surface area contributed by atoms with Crippen molar-refractivity contribution in [2.45, 2.75) is 45.8 Å². The summed E-state index contributed by atoms with van der Waals surface area (Å²) in [6.45, 7) is 7.16. The maximum absolute atomic E-state index is 11.8. The van der Waals surface area contributed by atoms with Crippen LogP contribution in [0.2, 0.25) is 0 Å². The molecule has 0 saturated carbocycles. The summed E-state index contributed by atoms with van der Waals surface area (Å²) in [6.07, 6.45) is -1.57. The SMILES string of the molecule is CCOC(Cc1ccc(O)c(NC(=O)OC(C)(C)C)c1)C(=O)O. The van der Waals surface area contributed by atoms with Crippen molar-refractivity contribution in [3.05, 3.63) is 23.8 Å². The Balaban J connectivity index is 2.86. The maximum Gasteiger partial charge on any atom is 0.412 e. The molecular formula is C16H23NO6. The molecule has 1 unspecified atom stereocenters. The molecule has 0 aromatic heterocycles. The predicted octanol–water partition coefficient (Wildman–Crippen LogP) is 2.77. The van der Waals surface area contributed by atoms with Crippen molar-refractivity contribution in [2.75, 3.05) is 11.9 Å². The number of aromatic hydroxyl groups is 1. The molecule has 0 aliphatic rings. The van der Waals surface area contributed by atoms with Crippen molar-refractivity contribution in [1.29, 1.82) is 0 Å². The molecular weight excluding hydrogens is 302 g/mol. The molecule has 1 amide bonds. The second-order valence-electron chi connectivity index (χ2n) is 5.96. The zero-order valence-corrected chi connectivity index (χ0v) is 13.8. The number of hydrogen-bond donors (Lipinski definition) is 3. The summed E-state index contributed by atoms with van der Waals surface area (Å²) in [5, 5.41) is 21.4. The van der Waals surface area contributed by atoms with Crippen LogP contribution in [0, 0.1) is 0 Å². The van der Waals surface area contributed by atoms with Gasteiger partial charge in [0.25, 0.3) is 0 Å². The van der Waals surface area contributed by atoms with Crippen molar-refractivity contribution in [2.24, 2.45) is 0 Å². The fraction of sp³-hybridized carbons (Fsp3) is 0.500. The van der Waals surface area contributed by atoms with Crippen LogP contribution in [0.25, 0.3) is 0 Å². The Morgan fingerprint density at radius 1 is 1.30 bits per heavy atom. The number of aliphatic carboxylic acids is 1. The average Bonchev–Trinajstić information content (AvgIpc) is 2.39. The third-order valence-corrected chi connectivity index (χ3v) is 2.76. The van der Waals surface area contributed by atoms with E-state index in [2.05, 4.69) is 5.32 Å². The van der Waals surface area contributed by atoms with Crippen LogP contribution in [0.4, 0.5) is 10.5 Å². The molecule has 7 heteroatoms. The van der Waals surface area contributed by atoms with E-state index in [4.69, 9.17) is 14.6 Å². The molecule has 1 atom stereocenters. The first-order chi connectivity index (χ1) is 10.6. The summed E-state index contributed by atoms with van der Waals surface area (Å²) in [6, 6.07) is 4.45. The molecule has 0 aliphatic heterocycles. The first-order valence-electron chi connectivity index (χ1n) is 7.28. The van der Waals surface area contributed by atoms with Gasteiger partial charge in [0.2, 0.25) is 0 Å². The smallest absolute Gasteiger partial charge is 0.412 e. The van der Waals surface area contributed by atoms with Gasteiger partial charge in [-0.1, -0.05) is 6.07 Å². The number of phenols is 1. The number of nitrogens with one attached hydrogen (secondary N) is 1. The van der Waals surface area contributed by atoms with Gasteiger partial charge in [-0.05, 0) is 45.4 Å². The number of carboxylic acids is 1. The molecule has 7 nitrogen and oxygen atoms in total. The average molecular weight is 325 g/mol. The van der Waals surface area contributed by atoms with E-state index >= 15 is 0 Å². The highest BCUT2D eigenvalue weighted by Crippen LogP contribution is 2.26. The topological polar surface area (TPSA) is 105 Å². The molecule has 1 rings (SSSR count). The molecule has 1 aromatic rings. The van der Waals surface area contributed by atoms with E-state index in [0.29, 0.717) is 5.56 Å². The molecule has 128 valence electrons. The summed E-state index contributed by atoms with van der Waals surface area (Å²) in [4.78, 5) is 22.9. The zero-order chi connectivity index (χ0) is 17.6. The van der Waals surface area contributed by atoms with E-state index < -0.39 is 23.8 Å². The van der Waals surface area contributed by atoms with Crippen molar-refractivity contribution < 1.29 is 29.3 Å². The molecule has 0 bridgehead atoms. The fourth-order valence-electron chi connectivity index (χ4n) is 1.86. The lowest BCUT2D eigenvalue weighted by atomic mass is 10.1. The Morgan fingerprint density at radius 3 is 2.48 bits per heavy atom. The molecule has 23 heavy (non-hydrogen) atoms. The van der Waals surface area contributed by atoms with Crippen LogP contribution < -0.4 is 5.32 Å². The number of rotatable bonds is 6. The molecule has 0 saturated heterocycles. The van der Waals surface area contributed by atoms with Crippen LogP contribution in [-0.2, 0) is 20.7 Å². The van der Waals surface area contributed by atoms with Gasteiger partial charge >= 0.3 is 12.1 Å². The molecule has 0 heterocycles. The van der Waals surface area contributed by atoms with Crippen LogP contribution in [0.3, 0.4) is 0 Å². The standard InChI is InChI=1S/C16H23NO6/c1-5-22-13(14(19)20)9-10-6-7-12(18)11(8-10)17-15(21)23-16(2,3)4/h6-8,13,18H,5,9H2,1-4H3,(H,17,21)(H,19,20). The van der Waals surface area contributed by atoms with Crippen molar-refractivity contribution in [3.8, 4) is 5.75 Å². The first-order valence-corrected chi connectivity index (χ1v) is 7.28. The Kier molecular flexibility index (Phi) is 6.38. The van der Waals surface area contributed by atoms with E-state index in [1.807, 2.05) is 0 Å². The number of hydrogen-bond acceptors (Lipinski definition) is 5. The second kappa shape index (κ2) is 7.82. The predicted molar refractivity (Wildman–Crippen MR) is 84.7 cm³/mol. The highest BCUT2D eigenvalue weighted by atomic mass is 16.6. The van der Waals surface area contributed by atoms with Crippen LogP contribution in [-0.4, -0.2) is 40.6 Å². The molecule has 0 spiro atoms. The summed E-state index contributed by atoms with van der Waals surface area (Å²) < 4.78 is 10.3. The molecule has 3 N–H and O–H groups in total. The van der Waals surface area contributed by atoms with Gasteiger partial charge in [-0.25, -0.2) is 9.59 Å². The largest absolute Gasteiger partial charge is 0.506 e. The lowest BCUT2D eigenvalue weighted by Crippen LogP contribution is -2.27. The summed E-state index contributed by atoms with van der Waals surface area (Å²) >= 11 is 0. The van der Waals surface area contributed by atoms with Gasteiger partial charge in [-0.3, -0.25) is 5.32 Å². The zero-order valence-electron chi connectivity index (χ0n) is 13.8. The van der Waals surface area contributed by atoms with Crippen LogP contribution >= 0.6 is 0 Å². The molecule has 0 radical (unpaired) electrons. The van der Waals surface area contributed by atoms with Gasteiger partial charge < -0.3 is 19.7 Å². The molecule has 1 aromatic carbocycles. The second-order valence-corrected chi connectivity index (χ2v) is 5.96. The fourth-order valence-corrected chi connectivity index (χ4v) is 1.86. The van der Waals surface area contributed by atoms with Crippen LogP contribution in [0.5, 0.6) is 5.75 Å². The summed E-state index contributed by atoms with van der Waals surface area (Å²) in [7, 11) is 0. The Hall–Kier alpha value is -2.28. The van der Waals surface area contributed by atoms with Crippen LogP contribution in [0.1, 0.15) is 33.3 Å². The van der Waals surface area contributed by atoms with E-state index in [-0.39, 0.29) is 24.5 Å². The normalized spacial score (nSPS) is 12.5. The minimum Gasteiger partial charge on any atom is -0.506 e. The Labute approximate surface area is 135 Å². The highest BCUT2D eigenvalue weighted by Gasteiger charge is 2.20. The molecule has 0 aliphatic carbocycles. The van der Waals surface area contributed by atoms with E-state index in [1.54, 1.807) is 33.8 Å². The quantitative estimate of drug-likeness (QED) is 0.695. The number of carboxylic acid groups (broad SMARTS) is 1. The van der Waals surface area contributed by atoms with E-state index in [9.17, 15) is 14.7 Å². The number of benzene rings is 1. The van der Waals surface area contributed by atoms with Gasteiger partial charge in [0.15, 0.2) is 6.10 Å². The molecule has 0 fully saturated rings. The minimum atomic E-state index is -1.07. The number of carbonyl (C=O) groups is 2. The number of amides is 1. The number of anilines is 1. The lowest BCUT2D eigenvalue weighted by Gasteiger charge is -2.20. The lowest BCUT2D eigenvalue weighted by molar-refractivity contribution is -0.149. The maximum atomic E-state index is 11.8. The van der Waals surface area contributed by atoms with Gasteiger partial charge in [0.05, 0.1) is 5.69 Å². The summed E-state index contributed by atoms with van der Waals surface area (Å²) in [5.74, 6) is -1.20. The van der Waals surface area contributed by atoms with Crippen molar-refractivity contribution >= 4 is 17.7 Å².